The van der Waals surface area contributed by atoms with E-state index in [0.717, 1.165) is 48.6 Å². The third-order valence-electron chi connectivity index (χ3n) is 6.58. The zero-order valence-corrected chi connectivity index (χ0v) is 22.8. The Hall–Kier alpha value is -3.10. The number of alkyl halides is 3. The van der Waals surface area contributed by atoms with E-state index in [-0.39, 0.29) is 23.3 Å². The van der Waals surface area contributed by atoms with Crippen molar-refractivity contribution in [3.8, 4) is 5.75 Å². The Morgan fingerprint density at radius 3 is 2.54 bits per heavy atom. The molecule has 1 aromatic heterocycles. The third kappa shape index (κ3) is 6.39. The standard InChI is InChI=1S/C25H26F3N5O4S2/c1-31-7-9-32(10-8-31)24-30-23(34)22(38-24)12-16-3-6-21-18(11-16)14-29-33(21)15-17-4-5-19(37-39(2,35)36)13-20(17)25(26,27)28/h3-6,11,13-14,22H,7-10,12,15H2,1-2H3. The minimum Gasteiger partial charge on any atom is -0.383 e. The van der Waals surface area contributed by atoms with E-state index < -0.39 is 27.6 Å². The Kier molecular flexibility index (Phi) is 7.37. The van der Waals surface area contributed by atoms with Crippen LogP contribution in [-0.2, 0) is 34.1 Å². The van der Waals surface area contributed by atoms with Crippen LogP contribution >= 0.6 is 11.8 Å². The van der Waals surface area contributed by atoms with Crippen molar-refractivity contribution >= 4 is 43.9 Å². The molecule has 1 unspecified atom stereocenters. The van der Waals surface area contributed by atoms with Gasteiger partial charge in [-0.3, -0.25) is 9.48 Å². The fourth-order valence-electron chi connectivity index (χ4n) is 4.59. The lowest BCUT2D eigenvalue weighted by Crippen LogP contribution is -2.46. The quantitative estimate of drug-likeness (QED) is 0.410. The number of aromatic nitrogens is 2. The van der Waals surface area contributed by atoms with Crippen LogP contribution in [0, 0.1) is 0 Å². The number of amidine groups is 1. The number of nitrogens with zero attached hydrogens (tertiary/aromatic N) is 5. The number of carbonyl (C=O) groups is 1. The van der Waals surface area contributed by atoms with E-state index in [0.29, 0.717) is 18.0 Å². The lowest BCUT2D eigenvalue weighted by atomic mass is 10.1. The van der Waals surface area contributed by atoms with E-state index in [1.807, 2.05) is 12.1 Å². The molecule has 1 saturated heterocycles. The predicted molar refractivity (Wildman–Crippen MR) is 142 cm³/mol. The SMILES string of the molecule is CN1CCN(C2=NC(=O)C(Cc3ccc4c(cnn4Cc4ccc(OS(C)(=O)=O)cc4C(F)(F)F)c3)S2)CC1. The van der Waals surface area contributed by atoms with Crippen molar-refractivity contribution in [1.82, 2.24) is 19.6 Å². The van der Waals surface area contributed by atoms with Gasteiger partial charge in [-0.05, 0) is 48.9 Å². The van der Waals surface area contributed by atoms with Crippen LogP contribution in [0.15, 0.2) is 47.6 Å². The number of halogens is 3. The Morgan fingerprint density at radius 1 is 1.10 bits per heavy atom. The number of hydrogen-bond donors (Lipinski definition) is 0. The van der Waals surface area contributed by atoms with Crippen LogP contribution in [0.5, 0.6) is 5.75 Å². The van der Waals surface area contributed by atoms with Crippen molar-refractivity contribution in [2.24, 2.45) is 4.99 Å². The molecule has 3 heterocycles. The molecule has 2 aliphatic heterocycles. The number of rotatable bonds is 6. The summed E-state index contributed by atoms with van der Waals surface area (Å²) in [5.41, 5.74) is 0.444. The minimum atomic E-state index is -4.72. The summed E-state index contributed by atoms with van der Waals surface area (Å²) in [5.74, 6) is -0.574. The normalized spacial score (nSPS) is 19.1. The summed E-state index contributed by atoms with van der Waals surface area (Å²) in [6.45, 7) is 3.31. The molecular weight excluding hydrogens is 555 g/mol. The van der Waals surface area contributed by atoms with Gasteiger partial charge < -0.3 is 14.0 Å². The second kappa shape index (κ2) is 10.5. The summed E-state index contributed by atoms with van der Waals surface area (Å²) in [4.78, 5) is 21.2. The molecule has 1 atom stereocenters. The van der Waals surface area contributed by atoms with Gasteiger partial charge in [0.25, 0.3) is 5.91 Å². The predicted octanol–water partition coefficient (Wildman–Crippen LogP) is 3.23. The van der Waals surface area contributed by atoms with E-state index in [4.69, 9.17) is 0 Å². The molecule has 0 saturated carbocycles. The fourth-order valence-corrected chi connectivity index (χ4v) is 6.20. The van der Waals surface area contributed by atoms with Crippen LogP contribution in [0.3, 0.4) is 0 Å². The van der Waals surface area contributed by atoms with Crippen molar-refractivity contribution < 1.29 is 30.6 Å². The van der Waals surface area contributed by atoms with Crippen molar-refractivity contribution in [3.63, 3.8) is 0 Å². The maximum absolute atomic E-state index is 13.8. The molecule has 208 valence electrons. The van der Waals surface area contributed by atoms with Crippen LogP contribution < -0.4 is 4.18 Å². The molecule has 39 heavy (non-hydrogen) atoms. The molecule has 5 rings (SSSR count). The highest BCUT2D eigenvalue weighted by Crippen LogP contribution is 2.36. The molecular formula is C25H26F3N5O4S2. The first kappa shape index (κ1) is 27.5. The second-order valence-corrected chi connectivity index (χ2v) is 12.4. The highest BCUT2D eigenvalue weighted by Gasteiger charge is 2.35. The van der Waals surface area contributed by atoms with Gasteiger partial charge in [0.1, 0.15) is 5.75 Å². The summed E-state index contributed by atoms with van der Waals surface area (Å²) >= 11 is 1.47. The number of thioether (sulfide) groups is 1. The molecule has 14 heteroatoms. The summed E-state index contributed by atoms with van der Waals surface area (Å²) in [5, 5.41) is 5.45. The topological polar surface area (TPSA) is 97.1 Å². The fraction of sp³-hybridized carbons (Fsp3) is 0.400. The molecule has 0 aliphatic carbocycles. The maximum Gasteiger partial charge on any atom is 0.416 e. The van der Waals surface area contributed by atoms with Gasteiger partial charge in [0.15, 0.2) is 5.17 Å². The molecule has 1 amide bonds. The first-order valence-electron chi connectivity index (χ1n) is 12.1. The van der Waals surface area contributed by atoms with Crippen LogP contribution in [0.25, 0.3) is 10.9 Å². The van der Waals surface area contributed by atoms with E-state index in [9.17, 15) is 26.4 Å². The highest BCUT2D eigenvalue weighted by atomic mass is 32.2. The minimum absolute atomic E-state index is 0.0843. The molecule has 9 nitrogen and oxygen atoms in total. The van der Waals surface area contributed by atoms with Crippen LogP contribution in [0.4, 0.5) is 13.2 Å². The first-order chi connectivity index (χ1) is 18.4. The Labute approximate surface area is 227 Å². The Balaban J connectivity index is 1.31. The summed E-state index contributed by atoms with van der Waals surface area (Å²) in [6.07, 6.45) is -1.91. The van der Waals surface area contributed by atoms with E-state index in [1.54, 1.807) is 12.3 Å². The number of piperazine rings is 1. The van der Waals surface area contributed by atoms with Gasteiger partial charge in [-0.25, -0.2) is 0 Å². The first-order valence-corrected chi connectivity index (χ1v) is 14.8. The lowest BCUT2D eigenvalue weighted by molar-refractivity contribution is -0.138. The van der Waals surface area contributed by atoms with Gasteiger partial charge in [0.05, 0.1) is 35.3 Å². The molecule has 2 aliphatic rings. The van der Waals surface area contributed by atoms with Crippen molar-refractivity contribution in [3.05, 3.63) is 59.3 Å². The zero-order chi connectivity index (χ0) is 27.9. The number of amides is 1. The number of likely N-dealkylation sites (N-methyl/N-ethyl adjacent to an activating group) is 1. The molecule has 0 radical (unpaired) electrons. The largest absolute Gasteiger partial charge is 0.416 e. The van der Waals surface area contributed by atoms with E-state index in [2.05, 4.69) is 31.1 Å². The van der Waals surface area contributed by atoms with Gasteiger partial charge in [-0.1, -0.05) is 23.9 Å². The monoisotopic (exact) mass is 581 g/mol. The van der Waals surface area contributed by atoms with Gasteiger partial charge in [0.2, 0.25) is 0 Å². The molecule has 0 bridgehead atoms. The zero-order valence-electron chi connectivity index (χ0n) is 21.2. The van der Waals surface area contributed by atoms with Crippen LogP contribution in [-0.4, -0.2) is 83.8 Å². The molecule has 0 spiro atoms. The van der Waals surface area contributed by atoms with Crippen molar-refractivity contribution in [2.45, 2.75) is 24.4 Å². The van der Waals surface area contributed by atoms with Crippen molar-refractivity contribution in [1.29, 1.82) is 0 Å². The number of hydrogen-bond acceptors (Lipinski definition) is 8. The van der Waals surface area contributed by atoms with Crippen LogP contribution in [0.2, 0.25) is 0 Å². The average Bonchev–Trinajstić information content (AvgIpc) is 3.41. The molecule has 0 N–H and O–H groups in total. The Bertz CT molecular complexity index is 1550. The molecule has 1 fully saturated rings. The van der Waals surface area contributed by atoms with E-state index >= 15 is 0 Å². The number of fused-ring (bicyclic) bond motifs is 1. The summed E-state index contributed by atoms with van der Waals surface area (Å²) in [7, 11) is -1.91. The Morgan fingerprint density at radius 2 is 1.85 bits per heavy atom. The average molecular weight is 582 g/mol. The second-order valence-electron chi connectivity index (χ2n) is 9.63. The smallest absolute Gasteiger partial charge is 0.383 e. The van der Waals surface area contributed by atoms with Gasteiger partial charge >= 0.3 is 16.3 Å². The van der Waals surface area contributed by atoms with E-state index in [1.165, 1.54) is 28.6 Å². The number of carbonyl (C=O) groups excluding carboxylic acids is 1. The lowest BCUT2D eigenvalue weighted by Gasteiger charge is -2.33. The van der Waals surface area contributed by atoms with Gasteiger partial charge in [0, 0.05) is 31.6 Å². The maximum atomic E-state index is 13.8. The molecule has 3 aromatic rings. The molecule has 2 aromatic carbocycles. The highest BCUT2D eigenvalue weighted by molar-refractivity contribution is 8.15. The van der Waals surface area contributed by atoms with Crippen molar-refractivity contribution in [2.75, 3.05) is 39.5 Å². The third-order valence-corrected chi connectivity index (χ3v) is 8.29. The summed E-state index contributed by atoms with van der Waals surface area (Å²) < 4.78 is 70.1. The summed E-state index contributed by atoms with van der Waals surface area (Å²) in [6, 6.07) is 8.55. The van der Waals surface area contributed by atoms with Crippen LogP contribution in [0.1, 0.15) is 16.7 Å². The van der Waals surface area contributed by atoms with Gasteiger partial charge in [-0.2, -0.15) is 31.7 Å². The van der Waals surface area contributed by atoms with Gasteiger partial charge in [-0.15, -0.1) is 0 Å². The number of benzene rings is 2. The number of aliphatic imine (C=N–C) groups is 1.